The summed E-state index contributed by atoms with van der Waals surface area (Å²) in [5.41, 5.74) is 2.77. The van der Waals surface area contributed by atoms with E-state index in [0.717, 1.165) is 30.7 Å². The molecule has 160 valence electrons. The van der Waals surface area contributed by atoms with E-state index in [4.69, 9.17) is 9.47 Å². The summed E-state index contributed by atoms with van der Waals surface area (Å²) in [6.45, 7) is 2.97. The zero-order valence-corrected chi connectivity index (χ0v) is 17.7. The zero-order chi connectivity index (χ0) is 21.5. The first-order valence-corrected chi connectivity index (χ1v) is 10.1. The molecule has 2 aromatic rings. The van der Waals surface area contributed by atoms with Crippen LogP contribution in [0.15, 0.2) is 42.5 Å². The van der Waals surface area contributed by atoms with Crippen LogP contribution in [0.1, 0.15) is 30.0 Å². The van der Waals surface area contributed by atoms with Crippen LogP contribution in [-0.2, 0) is 9.59 Å². The lowest BCUT2D eigenvalue weighted by atomic mass is 10.0. The number of nitrogens with one attached hydrogen (secondary N) is 2. The third kappa shape index (κ3) is 5.51. The van der Waals surface area contributed by atoms with Crippen LogP contribution >= 0.6 is 0 Å². The molecule has 7 nitrogen and oxygen atoms in total. The Balaban J connectivity index is 1.51. The van der Waals surface area contributed by atoms with E-state index < -0.39 is 0 Å². The number of rotatable bonds is 8. The molecule has 1 fully saturated rings. The number of hydrogen-bond acceptors (Lipinski definition) is 5. The molecular weight excluding hydrogens is 382 g/mol. The first-order valence-electron chi connectivity index (χ1n) is 10.1. The van der Waals surface area contributed by atoms with Crippen molar-refractivity contribution in [3.05, 3.63) is 53.6 Å². The molecule has 7 heteroatoms. The maximum absolute atomic E-state index is 12.4. The molecule has 0 unspecified atom stereocenters. The second-order valence-electron chi connectivity index (χ2n) is 7.43. The molecule has 1 atom stereocenters. The van der Waals surface area contributed by atoms with Gasteiger partial charge in [-0.05, 0) is 61.7 Å². The highest BCUT2D eigenvalue weighted by Crippen LogP contribution is 2.32. The van der Waals surface area contributed by atoms with Crippen molar-refractivity contribution in [2.24, 2.45) is 0 Å². The van der Waals surface area contributed by atoms with Crippen LogP contribution in [0.3, 0.4) is 0 Å². The summed E-state index contributed by atoms with van der Waals surface area (Å²) in [6, 6.07) is 13.7. The fraction of sp³-hybridized carbons (Fsp3) is 0.391. The summed E-state index contributed by atoms with van der Waals surface area (Å²) in [4.78, 5) is 26.9. The molecule has 1 heterocycles. The number of likely N-dealkylation sites (tertiary alicyclic amines) is 1. The normalized spacial score (nSPS) is 16.2. The first kappa shape index (κ1) is 21.6. The second kappa shape index (κ2) is 10.1. The van der Waals surface area contributed by atoms with E-state index in [1.54, 1.807) is 20.3 Å². The highest BCUT2D eigenvalue weighted by atomic mass is 16.5. The molecule has 0 saturated carbocycles. The Hall–Kier alpha value is -3.06. The average Bonchev–Trinajstić information content (AvgIpc) is 3.20. The Bertz CT molecular complexity index is 883. The third-order valence-electron chi connectivity index (χ3n) is 5.29. The lowest BCUT2D eigenvalue weighted by Crippen LogP contribution is -2.40. The maximum atomic E-state index is 12.4. The number of methoxy groups -OCH3 is 2. The van der Waals surface area contributed by atoms with Crippen LogP contribution in [0, 0.1) is 6.92 Å². The van der Waals surface area contributed by atoms with Gasteiger partial charge in [-0.3, -0.25) is 14.5 Å². The van der Waals surface area contributed by atoms with E-state index in [-0.39, 0.29) is 30.9 Å². The van der Waals surface area contributed by atoms with Crippen LogP contribution in [0.2, 0.25) is 0 Å². The smallest absolute Gasteiger partial charge is 0.243 e. The Labute approximate surface area is 177 Å². The minimum Gasteiger partial charge on any atom is -0.497 e. The van der Waals surface area contributed by atoms with E-state index in [2.05, 4.69) is 15.5 Å². The number of carbonyl (C=O) groups is 2. The van der Waals surface area contributed by atoms with Gasteiger partial charge < -0.3 is 20.1 Å². The first-order chi connectivity index (χ1) is 14.5. The number of ether oxygens (including phenoxy) is 2. The van der Waals surface area contributed by atoms with E-state index >= 15 is 0 Å². The number of nitrogens with zero attached hydrogens (tertiary/aromatic N) is 1. The predicted octanol–water partition coefficient (Wildman–Crippen LogP) is 2.90. The van der Waals surface area contributed by atoms with Gasteiger partial charge in [0.2, 0.25) is 11.8 Å². The van der Waals surface area contributed by atoms with E-state index in [1.165, 1.54) is 5.56 Å². The molecule has 2 N–H and O–H groups in total. The molecule has 0 aliphatic carbocycles. The van der Waals surface area contributed by atoms with Crippen molar-refractivity contribution in [1.82, 2.24) is 10.2 Å². The SMILES string of the molecule is COc1ccc([C@@H]2CCCN2CC(=O)NCC(=O)Nc2cc(C)ccc2OC)cc1. The number of carbonyl (C=O) groups excluding carboxylic acids is 2. The summed E-state index contributed by atoms with van der Waals surface area (Å²) in [5, 5.41) is 5.51. The van der Waals surface area contributed by atoms with Gasteiger partial charge in [0, 0.05) is 6.04 Å². The molecule has 0 aromatic heterocycles. The highest BCUT2D eigenvalue weighted by molar-refractivity contribution is 5.96. The molecule has 1 aliphatic rings. The fourth-order valence-corrected chi connectivity index (χ4v) is 3.75. The number of benzene rings is 2. The molecule has 0 spiro atoms. The van der Waals surface area contributed by atoms with Gasteiger partial charge in [0.1, 0.15) is 11.5 Å². The summed E-state index contributed by atoms with van der Waals surface area (Å²) in [6.07, 6.45) is 2.05. The van der Waals surface area contributed by atoms with Crippen LogP contribution in [0.4, 0.5) is 5.69 Å². The van der Waals surface area contributed by atoms with Gasteiger partial charge in [-0.2, -0.15) is 0 Å². The van der Waals surface area contributed by atoms with Crippen LogP contribution < -0.4 is 20.1 Å². The quantitative estimate of drug-likeness (QED) is 0.698. The Morgan fingerprint density at radius 1 is 1.07 bits per heavy atom. The van der Waals surface area contributed by atoms with Crippen molar-refractivity contribution in [2.75, 3.05) is 39.2 Å². The number of hydrogen-bond donors (Lipinski definition) is 2. The summed E-state index contributed by atoms with van der Waals surface area (Å²) < 4.78 is 10.5. The topological polar surface area (TPSA) is 79.9 Å². The molecule has 30 heavy (non-hydrogen) atoms. The number of aryl methyl sites for hydroxylation is 1. The number of amides is 2. The van der Waals surface area contributed by atoms with Gasteiger partial charge in [0.15, 0.2) is 0 Å². The van der Waals surface area contributed by atoms with E-state index in [9.17, 15) is 9.59 Å². The van der Waals surface area contributed by atoms with E-state index in [0.29, 0.717) is 11.4 Å². The summed E-state index contributed by atoms with van der Waals surface area (Å²) >= 11 is 0. The van der Waals surface area contributed by atoms with Crippen molar-refractivity contribution >= 4 is 17.5 Å². The highest BCUT2D eigenvalue weighted by Gasteiger charge is 2.27. The van der Waals surface area contributed by atoms with Crippen molar-refractivity contribution in [1.29, 1.82) is 0 Å². The van der Waals surface area contributed by atoms with Crippen molar-refractivity contribution in [3.8, 4) is 11.5 Å². The summed E-state index contributed by atoms with van der Waals surface area (Å²) in [5.74, 6) is 0.944. The lowest BCUT2D eigenvalue weighted by molar-refractivity contribution is -0.125. The molecular formula is C23H29N3O4. The lowest BCUT2D eigenvalue weighted by Gasteiger charge is -2.24. The molecule has 2 aromatic carbocycles. The minimum absolute atomic E-state index is 0.0863. The van der Waals surface area contributed by atoms with Crippen molar-refractivity contribution < 1.29 is 19.1 Å². The second-order valence-corrected chi connectivity index (χ2v) is 7.43. The molecule has 0 radical (unpaired) electrons. The minimum atomic E-state index is -0.291. The Morgan fingerprint density at radius 3 is 2.53 bits per heavy atom. The molecule has 0 bridgehead atoms. The van der Waals surface area contributed by atoms with Gasteiger partial charge >= 0.3 is 0 Å². The Morgan fingerprint density at radius 2 is 1.83 bits per heavy atom. The van der Waals surface area contributed by atoms with Crippen LogP contribution in [0.25, 0.3) is 0 Å². The van der Waals surface area contributed by atoms with Crippen LogP contribution in [0.5, 0.6) is 11.5 Å². The van der Waals surface area contributed by atoms with Gasteiger partial charge in [0.25, 0.3) is 0 Å². The van der Waals surface area contributed by atoms with Crippen molar-refractivity contribution in [3.63, 3.8) is 0 Å². The molecule has 3 rings (SSSR count). The zero-order valence-electron chi connectivity index (χ0n) is 17.7. The molecule has 1 aliphatic heterocycles. The molecule has 1 saturated heterocycles. The third-order valence-corrected chi connectivity index (χ3v) is 5.29. The maximum Gasteiger partial charge on any atom is 0.243 e. The van der Waals surface area contributed by atoms with Crippen molar-refractivity contribution in [2.45, 2.75) is 25.8 Å². The van der Waals surface area contributed by atoms with Gasteiger partial charge in [-0.1, -0.05) is 18.2 Å². The Kier molecular flexibility index (Phi) is 7.30. The van der Waals surface area contributed by atoms with Gasteiger partial charge in [-0.25, -0.2) is 0 Å². The monoisotopic (exact) mass is 411 g/mol. The van der Waals surface area contributed by atoms with Crippen LogP contribution in [-0.4, -0.2) is 50.6 Å². The van der Waals surface area contributed by atoms with E-state index in [1.807, 2.05) is 43.3 Å². The molecule has 2 amide bonds. The average molecular weight is 412 g/mol. The summed E-state index contributed by atoms with van der Waals surface area (Å²) in [7, 11) is 3.20. The largest absolute Gasteiger partial charge is 0.497 e. The fourth-order valence-electron chi connectivity index (χ4n) is 3.75. The van der Waals surface area contributed by atoms with Gasteiger partial charge in [-0.15, -0.1) is 0 Å². The number of anilines is 1. The predicted molar refractivity (Wildman–Crippen MR) is 116 cm³/mol. The van der Waals surface area contributed by atoms with Gasteiger partial charge in [0.05, 0.1) is 33.0 Å². The standard InChI is InChI=1S/C23H29N3O4/c1-16-6-11-21(30-3)19(13-16)25-22(27)14-24-23(28)15-26-12-4-5-20(26)17-7-9-18(29-2)10-8-17/h6-11,13,20H,4-5,12,14-15H2,1-3H3,(H,24,28)(H,25,27)/t20-/m0/s1.